The zero-order valence-corrected chi connectivity index (χ0v) is 14.0. The van der Waals surface area contributed by atoms with Crippen molar-refractivity contribution in [2.75, 3.05) is 26.2 Å². The van der Waals surface area contributed by atoms with Crippen LogP contribution in [0.3, 0.4) is 0 Å². The Hall–Kier alpha value is -0.0800. The average Bonchev–Trinajstić information content (AvgIpc) is 2.73. The van der Waals surface area contributed by atoms with Gasteiger partial charge in [-0.3, -0.25) is 0 Å². The molecule has 0 spiro atoms. The number of rotatable bonds is 9. The summed E-state index contributed by atoms with van der Waals surface area (Å²) in [6.07, 6.45) is 6.89. The fourth-order valence-electron chi connectivity index (χ4n) is 3.16. The number of nitrogens with zero attached hydrogens (tertiary/aromatic N) is 1. The molecule has 2 nitrogen and oxygen atoms in total. The molecule has 1 N–H and O–H groups in total. The first kappa shape index (κ1) is 17.0. The molecule has 1 fully saturated rings. The van der Waals surface area contributed by atoms with Crippen LogP contribution in [0.1, 0.15) is 66.7 Å². The van der Waals surface area contributed by atoms with Crippen molar-refractivity contribution in [1.82, 2.24) is 10.2 Å². The fraction of sp³-hybridized carbons (Fsp3) is 1.00. The third-order valence-corrected chi connectivity index (χ3v) is 4.29. The van der Waals surface area contributed by atoms with Crippen LogP contribution in [0.4, 0.5) is 0 Å². The molecule has 0 aromatic carbocycles. The quantitative estimate of drug-likeness (QED) is 0.638. The summed E-state index contributed by atoms with van der Waals surface area (Å²) < 4.78 is 0. The van der Waals surface area contributed by atoms with Gasteiger partial charge in [0, 0.05) is 19.1 Å². The maximum Gasteiger partial charge on any atom is 0.00328 e. The van der Waals surface area contributed by atoms with Crippen molar-refractivity contribution < 1.29 is 0 Å². The molecular formula is C17H36N2. The van der Waals surface area contributed by atoms with E-state index >= 15 is 0 Å². The van der Waals surface area contributed by atoms with Crippen molar-refractivity contribution in [2.24, 2.45) is 11.3 Å². The van der Waals surface area contributed by atoms with Gasteiger partial charge >= 0.3 is 0 Å². The number of hydrogen-bond acceptors (Lipinski definition) is 2. The first-order chi connectivity index (χ1) is 8.93. The highest BCUT2D eigenvalue weighted by Gasteiger charge is 2.27. The highest BCUT2D eigenvalue weighted by atomic mass is 15.2. The fourth-order valence-corrected chi connectivity index (χ4v) is 3.16. The Morgan fingerprint density at radius 3 is 2.63 bits per heavy atom. The van der Waals surface area contributed by atoms with Gasteiger partial charge in [-0.2, -0.15) is 0 Å². The molecule has 0 radical (unpaired) electrons. The van der Waals surface area contributed by atoms with E-state index in [0.717, 1.165) is 5.92 Å². The van der Waals surface area contributed by atoms with Gasteiger partial charge in [0.25, 0.3) is 0 Å². The highest BCUT2D eigenvalue weighted by Crippen LogP contribution is 2.27. The van der Waals surface area contributed by atoms with Crippen LogP contribution in [-0.4, -0.2) is 37.1 Å². The van der Waals surface area contributed by atoms with Crippen molar-refractivity contribution in [3.63, 3.8) is 0 Å². The van der Waals surface area contributed by atoms with Crippen LogP contribution in [0, 0.1) is 11.3 Å². The van der Waals surface area contributed by atoms with Gasteiger partial charge in [0.15, 0.2) is 0 Å². The van der Waals surface area contributed by atoms with Crippen LogP contribution in [0.15, 0.2) is 0 Å². The molecule has 1 aliphatic rings. The van der Waals surface area contributed by atoms with E-state index < -0.39 is 0 Å². The summed E-state index contributed by atoms with van der Waals surface area (Å²) in [7, 11) is 0. The molecule has 1 atom stereocenters. The maximum atomic E-state index is 3.59. The molecule has 0 saturated carbocycles. The minimum absolute atomic E-state index is 0.496. The van der Waals surface area contributed by atoms with E-state index in [1.807, 2.05) is 0 Å². The summed E-state index contributed by atoms with van der Waals surface area (Å²) in [6, 6.07) is 0.625. The van der Waals surface area contributed by atoms with Crippen molar-refractivity contribution in [1.29, 1.82) is 0 Å². The standard InChI is InChI=1S/C17H36N2/c1-6-7-8-10-17(4,5)14-19-11-9-16(13-19)12-18-15(2)3/h15-16,18H,6-14H2,1-5H3. The molecular weight excluding hydrogens is 232 g/mol. The Morgan fingerprint density at radius 2 is 2.00 bits per heavy atom. The van der Waals surface area contributed by atoms with Crippen molar-refractivity contribution in [3.05, 3.63) is 0 Å². The lowest BCUT2D eigenvalue weighted by Crippen LogP contribution is -2.34. The van der Waals surface area contributed by atoms with E-state index in [0.29, 0.717) is 11.5 Å². The minimum Gasteiger partial charge on any atom is -0.314 e. The second kappa shape index (κ2) is 8.26. The van der Waals surface area contributed by atoms with Crippen LogP contribution in [-0.2, 0) is 0 Å². The van der Waals surface area contributed by atoms with Gasteiger partial charge in [-0.1, -0.05) is 53.9 Å². The normalized spacial score (nSPS) is 21.5. The van der Waals surface area contributed by atoms with Gasteiger partial charge in [0.2, 0.25) is 0 Å². The Labute approximate surface area is 121 Å². The lowest BCUT2D eigenvalue weighted by molar-refractivity contribution is 0.188. The van der Waals surface area contributed by atoms with Gasteiger partial charge < -0.3 is 10.2 Å². The molecule has 114 valence electrons. The maximum absolute atomic E-state index is 3.59. The molecule has 1 heterocycles. The zero-order chi connectivity index (χ0) is 14.3. The summed E-state index contributed by atoms with van der Waals surface area (Å²) >= 11 is 0. The lowest BCUT2D eigenvalue weighted by atomic mass is 9.86. The second-order valence-corrected chi connectivity index (χ2v) is 7.57. The molecule has 19 heavy (non-hydrogen) atoms. The van der Waals surface area contributed by atoms with E-state index in [9.17, 15) is 0 Å². The van der Waals surface area contributed by atoms with Crippen LogP contribution in [0.2, 0.25) is 0 Å². The first-order valence-electron chi connectivity index (χ1n) is 8.38. The molecule has 0 aromatic rings. The van der Waals surface area contributed by atoms with Gasteiger partial charge in [-0.15, -0.1) is 0 Å². The summed E-state index contributed by atoms with van der Waals surface area (Å²) in [4.78, 5) is 2.69. The number of unbranched alkanes of at least 4 members (excludes halogenated alkanes) is 2. The van der Waals surface area contributed by atoms with Crippen molar-refractivity contribution in [3.8, 4) is 0 Å². The largest absolute Gasteiger partial charge is 0.314 e. The van der Waals surface area contributed by atoms with Crippen LogP contribution >= 0.6 is 0 Å². The van der Waals surface area contributed by atoms with E-state index in [1.165, 1.54) is 58.3 Å². The molecule has 0 aliphatic carbocycles. The molecule has 0 amide bonds. The summed E-state index contributed by atoms with van der Waals surface area (Å²) in [6.45, 7) is 16.8. The third kappa shape index (κ3) is 7.31. The highest BCUT2D eigenvalue weighted by molar-refractivity contribution is 4.82. The molecule has 0 bridgehead atoms. The lowest BCUT2D eigenvalue weighted by Gasteiger charge is -2.30. The third-order valence-electron chi connectivity index (χ3n) is 4.29. The second-order valence-electron chi connectivity index (χ2n) is 7.57. The topological polar surface area (TPSA) is 15.3 Å². The van der Waals surface area contributed by atoms with Gasteiger partial charge in [0.1, 0.15) is 0 Å². The van der Waals surface area contributed by atoms with E-state index in [1.54, 1.807) is 0 Å². The Balaban J connectivity index is 2.22. The molecule has 1 aliphatic heterocycles. The van der Waals surface area contributed by atoms with Crippen molar-refractivity contribution >= 4 is 0 Å². The Kier molecular flexibility index (Phi) is 7.38. The van der Waals surface area contributed by atoms with Gasteiger partial charge in [-0.25, -0.2) is 0 Å². The number of nitrogens with one attached hydrogen (secondary N) is 1. The minimum atomic E-state index is 0.496. The van der Waals surface area contributed by atoms with E-state index in [2.05, 4.69) is 44.8 Å². The first-order valence-corrected chi connectivity index (χ1v) is 8.38. The number of hydrogen-bond donors (Lipinski definition) is 1. The van der Waals surface area contributed by atoms with Gasteiger partial charge in [-0.05, 0) is 37.3 Å². The van der Waals surface area contributed by atoms with Crippen LogP contribution in [0.25, 0.3) is 0 Å². The molecule has 0 aromatic heterocycles. The summed E-state index contributed by atoms with van der Waals surface area (Å²) in [5.74, 6) is 0.869. The van der Waals surface area contributed by atoms with E-state index in [4.69, 9.17) is 0 Å². The zero-order valence-electron chi connectivity index (χ0n) is 14.0. The Bertz CT molecular complexity index is 235. The molecule has 1 rings (SSSR count). The average molecular weight is 268 g/mol. The van der Waals surface area contributed by atoms with Crippen molar-refractivity contribution in [2.45, 2.75) is 72.8 Å². The number of likely N-dealkylation sites (tertiary alicyclic amines) is 1. The molecule has 1 saturated heterocycles. The monoisotopic (exact) mass is 268 g/mol. The van der Waals surface area contributed by atoms with Crippen LogP contribution < -0.4 is 5.32 Å². The summed E-state index contributed by atoms with van der Waals surface area (Å²) in [5.41, 5.74) is 0.496. The van der Waals surface area contributed by atoms with Gasteiger partial charge in [0.05, 0.1) is 0 Å². The van der Waals surface area contributed by atoms with Crippen LogP contribution in [0.5, 0.6) is 0 Å². The predicted molar refractivity (Wildman–Crippen MR) is 85.6 cm³/mol. The molecule has 2 heteroatoms. The SMILES string of the molecule is CCCCCC(C)(C)CN1CCC(CNC(C)C)C1. The summed E-state index contributed by atoms with van der Waals surface area (Å²) in [5, 5.41) is 3.59. The molecule has 1 unspecified atom stereocenters. The Morgan fingerprint density at radius 1 is 1.26 bits per heavy atom. The van der Waals surface area contributed by atoms with E-state index in [-0.39, 0.29) is 0 Å². The smallest absolute Gasteiger partial charge is 0.00328 e. The predicted octanol–water partition coefficient (Wildman–Crippen LogP) is 3.91.